The van der Waals surface area contributed by atoms with Crippen LogP contribution in [-0.4, -0.2) is 85.3 Å². The van der Waals surface area contributed by atoms with E-state index in [0.717, 1.165) is 37.2 Å². The molecule has 29 heavy (non-hydrogen) atoms. The van der Waals surface area contributed by atoms with Crippen LogP contribution in [0, 0.1) is 5.41 Å². The first-order chi connectivity index (χ1) is 13.8. The van der Waals surface area contributed by atoms with Gasteiger partial charge in [-0.3, -0.25) is 4.90 Å². The molecular weight excluding hydrogens is 362 g/mol. The van der Waals surface area contributed by atoms with Crippen LogP contribution in [0.25, 0.3) is 0 Å². The molecule has 1 unspecified atom stereocenters. The standard InChI is InChI=1S/C24H39N3O2/c1-23(2,17-26-13-11-25(3)12-14-26)18-27-19-9-10-20(27)16-24(28,15-19)21-7-5-6-8-22(21)29-4/h5-8,19-20,28H,9-18H2,1-4H3/t19-,20+,24?. The first kappa shape index (κ1) is 21.1. The Morgan fingerprint density at radius 1 is 1.03 bits per heavy atom. The second-order valence-corrected chi connectivity index (χ2v) is 10.4. The lowest BCUT2D eigenvalue weighted by atomic mass is 9.79. The smallest absolute Gasteiger partial charge is 0.124 e. The summed E-state index contributed by atoms with van der Waals surface area (Å²) in [4.78, 5) is 7.78. The van der Waals surface area contributed by atoms with Gasteiger partial charge in [-0.25, -0.2) is 0 Å². The van der Waals surface area contributed by atoms with Crippen LogP contribution in [-0.2, 0) is 5.60 Å². The zero-order valence-corrected chi connectivity index (χ0v) is 18.7. The fourth-order valence-corrected chi connectivity index (χ4v) is 5.98. The summed E-state index contributed by atoms with van der Waals surface area (Å²) in [6.07, 6.45) is 4.03. The number of nitrogens with zero attached hydrogens (tertiary/aromatic N) is 3. The zero-order valence-electron chi connectivity index (χ0n) is 18.7. The quantitative estimate of drug-likeness (QED) is 0.794. The van der Waals surface area contributed by atoms with Gasteiger partial charge < -0.3 is 19.6 Å². The van der Waals surface area contributed by atoms with E-state index in [4.69, 9.17) is 4.74 Å². The van der Waals surface area contributed by atoms with Crippen LogP contribution >= 0.6 is 0 Å². The number of ether oxygens (including phenoxy) is 1. The fraction of sp³-hybridized carbons (Fsp3) is 0.750. The van der Waals surface area contributed by atoms with E-state index in [1.807, 2.05) is 24.3 Å². The number of aliphatic hydroxyl groups is 1. The molecule has 0 spiro atoms. The maximum Gasteiger partial charge on any atom is 0.124 e. The van der Waals surface area contributed by atoms with Crippen LogP contribution in [0.4, 0.5) is 0 Å². The molecule has 1 aromatic rings. The number of hydrogen-bond acceptors (Lipinski definition) is 5. The monoisotopic (exact) mass is 401 g/mol. The molecule has 1 N–H and O–H groups in total. The second-order valence-electron chi connectivity index (χ2n) is 10.4. The Kier molecular flexibility index (Phi) is 5.95. The number of para-hydroxylation sites is 1. The van der Waals surface area contributed by atoms with Gasteiger partial charge in [0.1, 0.15) is 5.75 Å². The minimum atomic E-state index is -0.767. The highest BCUT2D eigenvalue weighted by Gasteiger charge is 2.50. The van der Waals surface area contributed by atoms with Gasteiger partial charge in [0, 0.05) is 56.9 Å². The van der Waals surface area contributed by atoms with Crippen molar-refractivity contribution in [2.45, 2.75) is 57.2 Å². The minimum absolute atomic E-state index is 0.261. The highest BCUT2D eigenvalue weighted by Crippen LogP contribution is 2.48. The average Bonchev–Trinajstić information content (AvgIpc) is 2.92. The van der Waals surface area contributed by atoms with Gasteiger partial charge in [0.25, 0.3) is 0 Å². The number of likely N-dealkylation sites (N-methyl/N-ethyl adjacent to an activating group) is 1. The molecule has 0 amide bonds. The maximum absolute atomic E-state index is 11.6. The van der Waals surface area contributed by atoms with Crippen molar-refractivity contribution in [3.05, 3.63) is 29.8 Å². The number of piperidine rings is 1. The van der Waals surface area contributed by atoms with Crippen molar-refractivity contribution in [1.29, 1.82) is 0 Å². The average molecular weight is 402 g/mol. The molecule has 0 radical (unpaired) electrons. The van der Waals surface area contributed by atoms with Crippen molar-refractivity contribution in [1.82, 2.24) is 14.7 Å². The van der Waals surface area contributed by atoms with Crippen molar-refractivity contribution in [3.8, 4) is 5.75 Å². The summed E-state index contributed by atoms with van der Waals surface area (Å²) >= 11 is 0. The third-order valence-corrected chi connectivity index (χ3v) is 7.38. The Labute approximate surface area is 176 Å². The fourth-order valence-electron chi connectivity index (χ4n) is 5.98. The number of benzene rings is 1. The third-order valence-electron chi connectivity index (χ3n) is 7.38. The minimum Gasteiger partial charge on any atom is -0.496 e. The van der Waals surface area contributed by atoms with Gasteiger partial charge in [0.05, 0.1) is 12.7 Å². The van der Waals surface area contributed by atoms with E-state index in [0.29, 0.717) is 12.1 Å². The van der Waals surface area contributed by atoms with Crippen molar-refractivity contribution in [2.24, 2.45) is 5.41 Å². The van der Waals surface area contributed by atoms with E-state index in [1.54, 1.807) is 7.11 Å². The van der Waals surface area contributed by atoms with E-state index < -0.39 is 5.60 Å². The molecule has 1 aromatic carbocycles. The van der Waals surface area contributed by atoms with Crippen LogP contribution in [0.3, 0.4) is 0 Å². The highest BCUT2D eigenvalue weighted by molar-refractivity contribution is 5.39. The summed E-state index contributed by atoms with van der Waals surface area (Å²) in [5.74, 6) is 0.818. The van der Waals surface area contributed by atoms with Crippen molar-refractivity contribution in [3.63, 3.8) is 0 Å². The van der Waals surface area contributed by atoms with Crippen molar-refractivity contribution < 1.29 is 9.84 Å². The SMILES string of the molecule is COc1ccccc1C1(O)C[C@H]2CC[C@@H](C1)N2CC(C)(C)CN1CCN(C)CC1. The van der Waals surface area contributed by atoms with Gasteiger partial charge in [-0.05, 0) is 44.2 Å². The van der Waals surface area contributed by atoms with Gasteiger partial charge in [-0.15, -0.1) is 0 Å². The Bertz CT molecular complexity index is 685. The van der Waals surface area contributed by atoms with E-state index in [9.17, 15) is 5.11 Å². The number of hydrogen-bond donors (Lipinski definition) is 1. The van der Waals surface area contributed by atoms with Gasteiger partial charge in [0.2, 0.25) is 0 Å². The first-order valence-corrected chi connectivity index (χ1v) is 11.3. The van der Waals surface area contributed by atoms with E-state index in [2.05, 4.69) is 35.6 Å². The van der Waals surface area contributed by atoms with Gasteiger partial charge >= 0.3 is 0 Å². The highest BCUT2D eigenvalue weighted by atomic mass is 16.5. The molecule has 3 aliphatic heterocycles. The van der Waals surface area contributed by atoms with Crippen LogP contribution in [0.2, 0.25) is 0 Å². The van der Waals surface area contributed by atoms with Crippen LogP contribution in [0.5, 0.6) is 5.75 Å². The molecule has 2 bridgehead atoms. The van der Waals surface area contributed by atoms with E-state index in [-0.39, 0.29) is 5.41 Å². The Balaban J connectivity index is 1.43. The molecule has 3 atom stereocenters. The molecule has 0 saturated carbocycles. The lowest BCUT2D eigenvalue weighted by molar-refractivity contribution is -0.0685. The van der Waals surface area contributed by atoms with E-state index >= 15 is 0 Å². The first-order valence-electron chi connectivity index (χ1n) is 11.3. The van der Waals surface area contributed by atoms with Crippen LogP contribution in [0.1, 0.15) is 45.1 Å². The van der Waals surface area contributed by atoms with Gasteiger partial charge in [-0.1, -0.05) is 32.0 Å². The van der Waals surface area contributed by atoms with Crippen LogP contribution < -0.4 is 4.74 Å². The summed E-state index contributed by atoms with van der Waals surface area (Å²) in [5, 5.41) is 11.6. The largest absolute Gasteiger partial charge is 0.496 e. The zero-order chi connectivity index (χ0) is 20.6. The molecule has 5 nitrogen and oxygen atoms in total. The van der Waals surface area contributed by atoms with Crippen LogP contribution in [0.15, 0.2) is 24.3 Å². The molecule has 3 heterocycles. The molecule has 0 aliphatic carbocycles. The summed E-state index contributed by atoms with van der Waals surface area (Å²) in [7, 11) is 3.92. The topological polar surface area (TPSA) is 39.2 Å². The number of fused-ring (bicyclic) bond motifs is 2. The molecule has 5 heteroatoms. The molecule has 162 valence electrons. The molecule has 0 aromatic heterocycles. The summed E-state index contributed by atoms with van der Waals surface area (Å²) in [6, 6.07) is 8.96. The third kappa shape index (κ3) is 4.48. The normalized spacial score (nSPS) is 31.9. The second kappa shape index (κ2) is 8.18. The molecule has 3 aliphatic rings. The van der Waals surface area contributed by atoms with Crippen molar-refractivity contribution >= 4 is 0 Å². The summed E-state index contributed by atoms with van der Waals surface area (Å²) in [5.41, 5.74) is 0.462. The predicted octanol–water partition coefficient (Wildman–Crippen LogP) is 2.78. The molecule has 3 saturated heterocycles. The molecule has 4 rings (SSSR count). The number of rotatable bonds is 6. The predicted molar refractivity (Wildman–Crippen MR) is 117 cm³/mol. The van der Waals surface area contributed by atoms with E-state index in [1.165, 1.54) is 39.0 Å². The summed E-state index contributed by atoms with van der Waals surface area (Å²) < 4.78 is 5.57. The lowest BCUT2D eigenvalue weighted by Crippen LogP contribution is -2.54. The molecule has 3 fully saturated rings. The number of piperazine rings is 1. The lowest BCUT2D eigenvalue weighted by Gasteiger charge is -2.47. The number of methoxy groups -OCH3 is 1. The van der Waals surface area contributed by atoms with Gasteiger partial charge in [-0.2, -0.15) is 0 Å². The maximum atomic E-state index is 11.6. The van der Waals surface area contributed by atoms with Gasteiger partial charge in [0.15, 0.2) is 0 Å². The Hall–Kier alpha value is -1.14. The molecular formula is C24H39N3O2. The van der Waals surface area contributed by atoms with Crippen molar-refractivity contribution in [2.75, 3.05) is 53.4 Å². The summed E-state index contributed by atoms with van der Waals surface area (Å²) in [6.45, 7) is 11.8. The Morgan fingerprint density at radius 2 is 1.66 bits per heavy atom. The Morgan fingerprint density at radius 3 is 2.28 bits per heavy atom.